The Morgan fingerprint density at radius 2 is 1.64 bits per heavy atom. The zero-order valence-electron chi connectivity index (χ0n) is 18.5. The summed E-state index contributed by atoms with van der Waals surface area (Å²) in [6.45, 7) is 2.55. The molecule has 0 radical (unpaired) electrons. The smallest absolute Gasteiger partial charge is 0.254 e. The number of benzene rings is 2. The minimum Gasteiger partial charge on any atom is -0.454 e. The minimum atomic E-state index is -0.330. The molecule has 2 aliphatic heterocycles. The van der Waals surface area contributed by atoms with Gasteiger partial charge in [-0.15, -0.1) is 0 Å². The van der Waals surface area contributed by atoms with Gasteiger partial charge in [-0.25, -0.2) is 4.39 Å². The van der Waals surface area contributed by atoms with Crippen LogP contribution in [0.15, 0.2) is 42.5 Å². The molecule has 0 bridgehead atoms. The Hall–Kier alpha value is -3.13. The molecule has 2 amide bonds. The van der Waals surface area contributed by atoms with Crippen molar-refractivity contribution in [1.29, 1.82) is 0 Å². The molecule has 7 nitrogen and oxygen atoms in total. The fraction of sp³-hybridized carbons (Fsp3) is 0.440. The molecule has 1 N–H and O–H groups in total. The van der Waals surface area contributed by atoms with Crippen molar-refractivity contribution in [2.45, 2.75) is 31.7 Å². The summed E-state index contributed by atoms with van der Waals surface area (Å²) in [5.74, 6) is 1.12. The lowest BCUT2D eigenvalue weighted by Gasteiger charge is -2.40. The second kappa shape index (κ2) is 9.39. The number of nitrogens with zero attached hydrogens (tertiary/aromatic N) is 2. The number of nitrogens with one attached hydrogen (secondary N) is 1. The van der Waals surface area contributed by atoms with Crippen LogP contribution in [0.4, 0.5) is 10.1 Å². The number of halogens is 1. The lowest BCUT2D eigenvalue weighted by Crippen LogP contribution is -2.56. The van der Waals surface area contributed by atoms with E-state index in [1.807, 2.05) is 4.90 Å². The van der Waals surface area contributed by atoms with Crippen LogP contribution in [0.3, 0.4) is 0 Å². The number of piperazine rings is 1. The Balaban J connectivity index is 1.25. The summed E-state index contributed by atoms with van der Waals surface area (Å²) >= 11 is 0. The lowest BCUT2D eigenvalue weighted by atomic mass is 9.94. The van der Waals surface area contributed by atoms with E-state index < -0.39 is 0 Å². The van der Waals surface area contributed by atoms with Crippen molar-refractivity contribution in [2.75, 3.05) is 38.3 Å². The van der Waals surface area contributed by atoms with Gasteiger partial charge in [-0.05, 0) is 61.2 Å². The normalized spacial score (nSPS) is 19.5. The zero-order valence-corrected chi connectivity index (χ0v) is 18.5. The molecule has 2 heterocycles. The Labute approximate surface area is 192 Å². The highest BCUT2D eigenvalue weighted by Gasteiger charge is 2.37. The number of rotatable bonds is 5. The van der Waals surface area contributed by atoms with Crippen LogP contribution in [0.1, 0.15) is 36.0 Å². The quantitative estimate of drug-likeness (QED) is 0.750. The van der Waals surface area contributed by atoms with E-state index >= 15 is 0 Å². The van der Waals surface area contributed by atoms with Gasteiger partial charge in [-0.3, -0.25) is 14.5 Å². The maximum atomic E-state index is 13.3. The summed E-state index contributed by atoms with van der Waals surface area (Å²) in [4.78, 5) is 30.3. The van der Waals surface area contributed by atoms with Crippen LogP contribution >= 0.6 is 0 Å². The zero-order chi connectivity index (χ0) is 22.8. The van der Waals surface area contributed by atoms with E-state index in [9.17, 15) is 14.0 Å². The summed E-state index contributed by atoms with van der Waals surface area (Å²) < 4.78 is 24.0. The number of amides is 2. The number of carbonyl (C=O) groups excluding carboxylic acids is 2. The molecule has 2 aromatic carbocycles. The van der Waals surface area contributed by atoms with Crippen molar-refractivity contribution in [2.24, 2.45) is 5.92 Å². The molecule has 1 saturated carbocycles. The number of fused-ring (bicyclic) bond motifs is 1. The number of anilines is 1. The van der Waals surface area contributed by atoms with E-state index in [1.54, 1.807) is 30.3 Å². The fourth-order valence-corrected chi connectivity index (χ4v) is 5.12. The topological polar surface area (TPSA) is 71.1 Å². The molecule has 0 aromatic heterocycles. The van der Waals surface area contributed by atoms with Crippen LogP contribution in [-0.2, 0) is 4.79 Å². The molecule has 3 aliphatic rings. The molecular formula is C25H28FN3O4. The van der Waals surface area contributed by atoms with Gasteiger partial charge in [0.2, 0.25) is 12.7 Å². The van der Waals surface area contributed by atoms with Crippen LogP contribution in [0.2, 0.25) is 0 Å². The van der Waals surface area contributed by atoms with Crippen molar-refractivity contribution in [1.82, 2.24) is 9.80 Å². The highest BCUT2D eigenvalue weighted by molar-refractivity contribution is 5.96. The van der Waals surface area contributed by atoms with Crippen molar-refractivity contribution in [3.8, 4) is 11.5 Å². The fourth-order valence-electron chi connectivity index (χ4n) is 5.12. The van der Waals surface area contributed by atoms with E-state index in [2.05, 4.69) is 10.2 Å². The van der Waals surface area contributed by atoms with E-state index in [4.69, 9.17) is 9.47 Å². The molecule has 1 saturated heterocycles. The highest BCUT2D eigenvalue weighted by atomic mass is 19.1. The number of ether oxygens (including phenoxy) is 2. The van der Waals surface area contributed by atoms with Gasteiger partial charge in [-0.1, -0.05) is 12.8 Å². The maximum Gasteiger partial charge on any atom is 0.254 e. The average molecular weight is 454 g/mol. The third-order valence-corrected chi connectivity index (χ3v) is 6.84. The SMILES string of the molecule is O=C(Nc1ccc(F)cc1)C(C1CCCC1)N1CCN(C(=O)c2ccc3c(c2)OCO3)CC1. The van der Waals surface area contributed by atoms with Gasteiger partial charge >= 0.3 is 0 Å². The Bertz CT molecular complexity index is 1010. The van der Waals surface area contributed by atoms with Crippen molar-refractivity contribution in [3.05, 3.63) is 53.8 Å². The van der Waals surface area contributed by atoms with Crippen molar-refractivity contribution in [3.63, 3.8) is 0 Å². The second-order valence-corrected chi connectivity index (χ2v) is 8.88. The van der Waals surface area contributed by atoms with Crippen LogP contribution in [0, 0.1) is 11.7 Å². The van der Waals surface area contributed by atoms with E-state index in [-0.39, 0.29) is 30.5 Å². The van der Waals surface area contributed by atoms with Gasteiger partial charge in [-0.2, -0.15) is 0 Å². The molecule has 2 fully saturated rings. The molecule has 174 valence electrons. The van der Waals surface area contributed by atoms with Crippen LogP contribution < -0.4 is 14.8 Å². The van der Waals surface area contributed by atoms with Gasteiger partial charge in [0, 0.05) is 37.4 Å². The van der Waals surface area contributed by atoms with Crippen LogP contribution in [0.5, 0.6) is 11.5 Å². The van der Waals surface area contributed by atoms with E-state index in [1.165, 1.54) is 12.1 Å². The minimum absolute atomic E-state index is 0.0406. The molecule has 1 aliphatic carbocycles. The Morgan fingerprint density at radius 3 is 2.36 bits per heavy atom. The molecule has 1 atom stereocenters. The molecule has 1 unspecified atom stereocenters. The van der Waals surface area contributed by atoms with Gasteiger partial charge in [0.25, 0.3) is 5.91 Å². The maximum absolute atomic E-state index is 13.3. The summed E-state index contributed by atoms with van der Waals surface area (Å²) in [5, 5.41) is 2.97. The third kappa shape index (κ3) is 4.66. The van der Waals surface area contributed by atoms with Gasteiger partial charge in [0.15, 0.2) is 11.5 Å². The summed E-state index contributed by atoms with van der Waals surface area (Å²) in [7, 11) is 0. The highest BCUT2D eigenvalue weighted by Crippen LogP contribution is 2.34. The van der Waals surface area contributed by atoms with Gasteiger partial charge < -0.3 is 19.7 Å². The molecule has 0 spiro atoms. The summed E-state index contributed by atoms with van der Waals surface area (Å²) in [6.07, 6.45) is 4.32. The van der Waals surface area contributed by atoms with Crippen LogP contribution in [-0.4, -0.2) is 60.6 Å². The van der Waals surface area contributed by atoms with Gasteiger partial charge in [0.05, 0.1) is 6.04 Å². The Morgan fingerprint density at radius 1 is 0.939 bits per heavy atom. The van der Waals surface area contributed by atoms with Gasteiger partial charge in [0.1, 0.15) is 5.82 Å². The standard InChI is InChI=1S/C25H28FN3O4/c26-19-6-8-20(9-7-19)27-24(30)23(17-3-1-2-4-17)28-11-13-29(14-12-28)25(31)18-5-10-21-22(15-18)33-16-32-21/h5-10,15,17,23H,1-4,11-14,16H2,(H,27,30). The monoisotopic (exact) mass is 453 g/mol. The van der Waals surface area contributed by atoms with Crippen molar-refractivity contribution >= 4 is 17.5 Å². The number of hydrogen-bond acceptors (Lipinski definition) is 5. The first kappa shape index (κ1) is 21.7. The molecular weight excluding hydrogens is 425 g/mol. The average Bonchev–Trinajstić information content (AvgIpc) is 3.52. The molecule has 8 heteroatoms. The lowest BCUT2D eigenvalue weighted by molar-refractivity contribution is -0.123. The largest absolute Gasteiger partial charge is 0.454 e. The summed E-state index contributed by atoms with van der Waals surface area (Å²) in [6, 6.07) is 10.9. The second-order valence-electron chi connectivity index (χ2n) is 8.88. The molecule has 2 aromatic rings. The first-order valence-electron chi connectivity index (χ1n) is 11.6. The third-order valence-electron chi connectivity index (χ3n) is 6.84. The first-order valence-corrected chi connectivity index (χ1v) is 11.6. The van der Waals surface area contributed by atoms with Crippen molar-refractivity contribution < 1.29 is 23.5 Å². The van der Waals surface area contributed by atoms with Crippen LogP contribution in [0.25, 0.3) is 0 Å². The number of carbonyl (C=O) groups is 2. The Kier molecular flexibility index (Phi) is 6.17. The predicted molar refractivity (Wildman–Crippen MR) is 121 cm³/mol. The summed E-state index contributed by atoms with van der Waals surface area (Å²) in [5.41, 5.74) is 1.18. The molecule has 5 rings (SSSR count). The predicted octanol–water partition coefficient (Wildman–Crippen LogP) is 3.51. The van der Waals surface area contributed by atoms with E-state index in [0.717, 1.165) is 25.7 Å². The van der Waals surface area contributed by atoms with E-state index in [0.29, 0.717) is 54.8 Å². The molecule has 33 heavy (non-hydrogen) atoms. The first-order chi connectivity index (χ1) is 16.1. The number of hydrogen-bond donors (Lipinski definition) is 1.